The predicted molar refractivity (Wildman–Crippen MR) is 78.1 cm³/mol. The van der Waals surface area contributed by atoms with E-state index in [0.29, 0.717) is 19.7 Å². The minimum Gasteiger partial charge on any atom is -0.491 e. The fourth-order valence-electron chi connectivity index (χ4n) is 2.36. The Hall–Kier alpha value is -2.07. The zero-order valence-electron chi connectivity index (χ0n) is 11.2. The molecular weight excluding hydrogens is 293 g/mol. The minimum absolute atomic E-state index is 0.0847. The second kappa shape index (κ2) is 5.74. The van der Waals surface area contributed by atoms with Gasteiger partial charge in [0.2, 0.25) is 0 Å². The first-order valence-electron chi connectivity index (χ1n) is 6.61. The Morgan fingerprint density at radius 1 is 1.19 bits per heavy atom. The average molecular weight is 306 g/mol. The van der Waals surface area contributed by atoms with E-state index in [2.05, 4.69) is 0 Å². The fraction of sp³-hybridized carbons (Fsp3) is 0.188. The van der Waals surface area contributed by atoms with Gasteiger partial charge < -0.3 is 9.64 Å². The quantitative estimate of drug-likeness (QED) is 0.807. The smallest absolute Gasteiger partial charge is 0.258 e. The molecule has 0 unspecified atom stereocenters. The van der Waals surface area contributed by atoms with Gasteiger partial charge in [-0.15, -0.1) is 0 Å². The van der Waals surface area contributed by atoms with Crippen molar-refractivity contribution in [2.75, 3.05) is 13.2 Å². The molecule has 0 atom stereocenters. The van der Waals surface area contributed by atoms with Gasteiger partial charge >= 0.3 is 0 Å². The monoisotopic (exact) mass is 305 g/mol. The maximum absolute atomic E-state index is 13.9. The summed E-state index contributed by atoms with van der Waals surface area (Å²) in [6, 6.07) is 11.7. The topological polar surface area (TPSA) is 29.5 Å². The fourth-order valence-corrected chi connectivity index (χ4v) is 2.60. The van der Waals surface area contributed by atoms with Gasteiger partial charge in [0, 0.05) is 12.1 Å². The first-order chi connectivity index (χ1) is 10.2. The normalized spacial score (nSPS) is 14.1. The van der Waals surface area contributed by atoms with Gasteiger partial charge in [-0.05, 0) is 18.2 Å². The van der Waals surface area contributed by atoms with E-state index >= 15 is 0 Å². The molecule has 5 heteroatoms. The zero-order chi connectivity index (χ0) is 14.8. The molecule has 0 fully saturated rings. The molecule has 0 spiro atoms. The number of rotatable bonds is 1. The molecule has 21 heavy (non-hydrogen) atoms. The summed E-state index contributed by atoms with van der Waals surface area (Å²) in [5.74, 6) is -0.267. The second-order valence-electron chi connectivity index (χ2n) is 4.78. The summed E-state index contributed by atoms with van der Waals surface area (Å²) in [5.41, 5.74) is 0.814. The van der Waals surface area contributed by atoms with Crippen LogP contribution < -0.4 is 4.74 Å². The van der Waals surface area contributed by atoms with Crippen LogP contribution in [0.3, 0.4) is 0 Å². The number of para-hydroxylation sites is 1. The lowest BCUT2D eigenvalue weighted by Crippen LogP contribution is -2.33. The van der Waals surface area contributed by atoms with Crippen LogP contribution in [0.1, 0.15) is 15.9 Å². The average Bonchev–Trinajstić information content (AvgIpc) is 2.69. The van der Waals surface area contributed by atoms with Crippen LogP contribution in [0.4, 0.5) is 4.39 Å². The summed E-state index contributed by atoms with van der Waals surface area (Å²) in [4.78, 5) is 14.1. The van der Waals surface area contributed by atoms with Gasteiger partial charge in [-0.2, -0.15) is 0 Å². The molecule has 0 bridgehead atoms. The van der Waals surface area contributed by atoms with E-state index in [4.69, 9.17) is 16.3 Å². The van der Waals surface area contributed by atoms with Gasteiger partial charge in [0.1, 0.15) is 18.2 Å². The number of fused-ring (bicyclic) bond motifs is 1. The molecule has 3 rings (SSSR count). The standard InChI is InChI=1S/C16H13ClFNO2/c17-12-5-3-6-13(18)15(12)16(20)19-8-9-21-14-7-2-1-4-11(14)10-19/h1-7H,8-10H2. The molecule has 108 valence electrons. The maximum atomic E-state index is 13.9. The van der Waals surface area contributed by atoms with E-state index in [1.807, 2.05) is 24.3 Å². The van der Waals surface area contributed by atoms with Gasteiger partial charge in [0.15, 0.2) is 0 Å². The molecule has 3 nitrogen and oxygen atoms in total. The molecule has 0 radical (unpaired) electrons. The Bertz CT molecular complexity index is 669. The van der Waals surface area contributed by atoms with E-state index in [0.717, 1.165) is 11.3 Å². The third-order valence-corrected chi connectivity index (χ3v) is 3.73. The minimum atomic E-state index is -0.606. The van der Waals surface area contributed by atoms with Crippen molar-refractivity contribution < 1.29 is 13.9 Å². The van der Waals surface area contributed by atoms with Crippen molar-refractivity contribution in [1.82, 2.24) is 4.90 Å². The van der Waals surface area contributed by atoms with Crippen LogP contribution >= 0.6 is 11.6 Å². The van der Waals surface area contributed by atoms with Crippen molar-refractivity contribution in [2.45, 2.75) is 6.54 Å². The first-order valence-corrected chi connectivity index (χ1v) is 6.98. The molecule has 1 aliphatic heterocycles. The van der Waals surface area contributed by atoms with Crippen molar-refractivity contribution in [2.24, 2.45) is 0 Å². The number of halogens is 2. The molecule has 1 heterocycles. The van der Waals surface area contributed by atoms with Crippen LogP contribution in [-0.2, 0) is 6.54 Å². The number of hydrogen-bond donors (Lipinski definition) is 0. The zero-order valence-corrected chi connectivity index (χ0v) is 11.9. The summed E-state index contributed by atoms with van der Waals surface area (Å²) in [6.07, 6.45) is 0. The molecule has 1 amide bonds. The Morgan fingerprint density at radius 3 is 2.81 bits per heavy atom. The molecule has 0 saturated carbocycles. The highest BCUT2D eigenvalue weighted by Crippen LogP contribution is 2.26. The van der Waals surface area contributed by atoms with Crippen molar-refractivity contribution in [3.05, 3.63) is 64.4 Å². The molecule has 0 saturated heterocycles. The number of ether oxygens (including phenoxy) is 1. The van der Waals surface area contributed by atoms with Gasteiger partial charge in [0.05, 0.1) is 17.1 Å². The highest BCUT2D eigenvalue weighted by molar-refractivity contribution is 6.33. The Morgan fingerprint density at radius 2 is 2.00 bits per heavy atom. The third-order valence-electron chi connectivity index (χ3n) is 3.42. The van der Waals surface area contributed by atoms with Crippen LogP contribution in [-0.4, -0.2) is 24.0 Å². The second-order valence-corrected chi connectivity index (χ2v) is 5.19. The predicted octanol–water partition coefficient (Wildman–Crippen LogP) is 3.51. The number of amides is 1. The Kier molecular flexibility index (Phi) is 3.80. The molecular formula is C16H13ClFNO2. The molecule has 2 aromatic carbocycles. The molecule has 0 aliphatic carbocycles. The van der Waals surface area contributed by atoms with Gasteiger partial charge in [-0.3, -0.25) is 4.79 Å². The lowest BCUT2D eigenvalue weighted by molar-refractivity contribution is 0.0728. The molecule has 2 aromatic rings. The number of carbonyl (C=O) groups is 1. The van der Waals surface area contributed by atoms with Crippen LogP contribution in [0, 0.1) is 5.82 Å². The van der Waals surface area contributed by atoms with Crippen LogP contribution in [0.25, 0.3) is 0 Å². The summed E-state index contributed by atoms with van der Waals surface area (Å²) in [6.45, 7) is 1.13. The third kappa shape index (κ3) is 2.72. The van der Waals surface area contributed by atoms with E-state index in [1.165, 1.54) is 18.2 Å². The van der Waals surface area contributed by atoms with Crippen molar-refractivity contribution in [1.29, 1.82) is 0 Å². The van der Waals surface area contributed by atoms with E-state index in [9.17, 15) is 9.18 Å². The van der Waals surface area contributed by atoms with Crippen LogP contribution in [0.2, 0.25) is 5.02 Å². The Labute approximate surface area is 126 Å². The van der Waals surface area contributed by atoms with Crippen molar-refractivity contribution in [3.8, 4) is 5.75 Å². The number of carbonyl (C=O) groups excluding carboxylic acids is 1. The largest absolute Gasteiger partial charge is 0.491 e. The lowest BCUT2D eigenvalue weighted by atomic mass is 10.1. The summed E-state index contributed by atoms with van der Waals surface area (Å²) >= 11 is 5.97. The highest BCUT2D eigenvalue weighted by Gasteiger charge is 2.24. The summed E-state index contributed by atoms with van der Waals surface area (Å²) in [7, 11) is 0. The summed E-state index contributed by atoms with van der Waals surface area (Å²) in [5, 5.41) is 0.124. The van der Waals surface area contributed by atoms with E-state index in [1.54, 1.807) is 4.90 Å². The molecule has 0 aromatic heterocycles. The lowest BCUT2D eigenvalue weighted by Gasteiger charge is -2.20. The maximum Gasteiger partial charge on any atom is 0.258 e. The van der Waals surface area contributed by atoms with Crippen molar-refractivity contribution >= 4 is 17.5 Å². The first kappa shape index (κ1) is 13.9. The molecule has 1 aliphatic rings. The van der Waals surface area contributed by atoms with Gasteiger partial charge in [-0.25, -0.2) is 4.39 Å². The van der Waals surface area contributed by atoms with Gasteiger partial charge in [0.25, 0.3) is 5.91 Å². The van der Waals surface area contributed by atoms with Crippen LogP contribution in [0.15, 0.2) is 42.5 Å². The SMILES string of the molecule is O=C(c1c(F)cccc1Cl)N1CCOc2ccccc2C1. The van der Waals surface area contributed by atoms with Gasteiger partial charge in [-0.1, -0.05) is 35.9 Å². The van der Waals surface area contributed by atoms with Crippen molar-refractivity contribution in [3.63, 3.8) is 0 Å². The Balaban J connectivity index is 1.92. The number of benzene rings is 2. The summed E-state index contributed by atoms with van der Waals surface area (Å²) < 4.78 is 19.5. The number of nitrogens with zero attached hydrogens (tertiary/aromatic N) is 1. The van der Waals surface area contributed by atoms with E-state index in [-0.39, 0.29) is 10.6 Å². The van der Waals surface area contributed by atoms with Crippen LogP contribution in [0.5, 0.6) is 5.75 Å². The number of hydrogen-bond acceptors (Lipinski definition) is 2. The van der Waals surface area contributed by atoms with E-state index < -0.39 is 11.7 Å². The highest BCUT2D eigenvalue weighted by atomic mass is 35.5. The molecule has 0 N–H and O–H groups in total.